The molecule has 78 valence electrons. The van der Waals surface area contributed by atoms with Gasteiger partial charge in [-0.2, -0.15) is 0 Å². The third kappa shape index (κ3) is 3.11. The van der Waals surface area contributed by atoms with Gasteiger partial charge in [0.1, 0.15) is 0 Å². The van der Waals surface area contributed by atoms with Gasteiger partial charge in [0.25, 0.3) is 0 Å². The summed E-state index contributed by atoms with van der Waals surface area (Å²) in [5, 5.41) is 1.03. The van der Waals surface area contributed by atoms with Gasteiger partial charge in [-0.3, -0.25) is 4.98 Å². The molecule has 0 amide bonds. The largest absolute Gasteiger partial charge is 0.697 e. The summed E-state index contributed by atoms with van der Waals surface area (Å²) < 4.78 is 0. The van der Waals surface area contributed by atoms with Crippen molar-refractivity contribution in [3.8, 4) is 0 Å². The summed E-state index contributed by atoms with van der Waals surface area (Å²) in [6.07, 6.45) is 1.71. The van der Waals surface area contributed by atoms with E-state index in [1.54, 1.807) is 12.3 Å². The Morgan fingerprint density at radius 2 is 1.79 bits per heavy atom. The molecule has 1 aromatic heterocycles. The molecule has 0 unspecified atom stereocenters. The summed E-state index contributed by atoms with van der Waals surface area (Å²) >= 11 is -0.106. The van der Waals surface area contributed by atoms with Gasteiger partial charge in [0, 0.05) is 6.20 Å². The topological polar surface area (TPSA) is 36.7 Å². The van der Waals surface area contributed by atoms with Crippen LogP contribution in [0.5, 0.6) is 0 Å². The van der Waals surface area contributed by atoms with E-state index in [9.17, 15) is 0 Å². The van der Waals surface area contributed by atoms with Crippen LogP contribution in [0.2, 0.25) is 0 Å². The number of aromatic nitrogens is 1. The number of para-hydroxylation sites is 1. The summed E-state index contributed by atoms with van der Waals surface area (Å²) in [7, 11) is 9.63. The van der Waals surface area contributed by atoms with Gasteiger partial charge < -0.3 is 5.73 Å². The Labute approximate surface area is 98.5 Å². The Bertz CT molecular complexity index is 403. The number of benzene rings is 1. The van der Waals surface area contributed by atoms with Crippen LogP contribution in [0.15, 0.2) is 36.5 Å². The zero-order valence-corrected chi connectivity index (χ0v) is 10.0. The molecule has 0 saturated heterocycles. The average molecular weight is 320 g/mol. The van der Waals surface area contributed by atoms with E-state index in [0.717, 1.165) is 10.9 Å². The van der Waals surface area contributed by atoms with Gasteiger partial charge in [0.05, 0.1) is 5.52 Å². The fourth-order valence-corrected chi connectivity index (χ4v) is 1.10. The number of fused-ring (bicyclic) bond motifs is 1. The van der Waals surface area contributed by atoms with Gasteiger partial charge in [0.2, 0.25) is 0 Å². The molecule has 1 N–H and O–H groups in total. The first-order valence-electron chi connectivity index (χ1n) is 3.67. The van der Waals surface area contributed by atoms with Crippen LogP contribution in [0.3, 0.4) is 0 Å². The van der Waals surface area contributed by atoms with Crippen molar-refractivity contribution in [2.75, 3.05) is 0 Å². The number of rotatable bonds is 0. The summed E-state index contributed by atoms with van der Waals surface area (Å²) in [5.74, 6) is 0. The molecule has 14 heavy (non-hydrogen) atoms. The van der Waals surface area contributed by atoms with E-state index < -0.39 is 0 Å². The third-order valence-electron chi connectivity index (χ3n) is 1.63. The maximum Gasteiger partial charge on any atom is 0.0551 e. The fourth-order valence-electron chi connectivity index (χ4n) is 1.10. The van der Waals surface area contributed by atoms with E-state index in [1.165, 1.54) is 0 Å². The summed E-state index contributed by atoms with van der Waals surface area (Å²) in [6.45, 7) is 0. The molecule has 2 aromatic rings. The van der Waals surface area contributed by atoms with Gasteiger partial charge in [0.15, 0.2) is 0 Å². The Hall–Kier alpha value is -0.328. The number of hydrogen-bond acceptors (Lipinski definition) is 1. The van der Waals surface area contributed by atoms with Crippen LogP contribution in [-0.2, 0) is 15.9 Å². The molecule has 1 aromatic carbocycles. The van der Waals surface area contributed by atoms with Crippen molar-refractivity contribution in [1.29, 1.82) is 0 Å². The van der Waals surface area contributed by atoms with Crippen LogP contribution in [0.1, 0.15) is 0 Å². The molecule has 0 saturated carbocycles. The molecule has 0 aliphatic heterocycles. The first-order valence-corrected chi connectivity index (χ1v) is 7.67. The van der Waals surface area contributed by atoms with Crippen LogP contribution in [-0.4, -0.2) is 4.98 Å². The first-order chi connectivity index (χ1) is 6.79. The fraction of sp³-hybridized carbons (Fsp3) is 0. The third-order valence-corrected chi connectivity index (χ3v) is 1.63. The molecule has 0 aliphatic rings. The normalized spacial score (nSPS) is 9.57. The molecule has 2 rings (SSSR count). The van der Waals surface area contributed by atoms with E-state index in [2.05, 4.69) is 4.98 Å². The molecule has 0 atom stereocenters. The van der Waals surface area contributed by atoms with E-state index >= 15 is 0 Å². The van der Waals surface area contributed by atoms with Crippen molar-refractivity contribution in [3.05, 3.63) is 42.3 Å². The molecule has 0 radical (unpaired) electrons. The Morgan fingerprint density at radius 3 is 2.43 bits per heavy atom. The van der Waals surface area contributed by atoms with Crippen molar-refractivity contribution in [2.45, 2.75) is 0 Å². The molecule has 1 heterocycles. The molecular weight excluding hydrogens is 313 g/mol. The molecule has 0 fully saturated rings. The second kappa shape index (κ2) is 6.21. The van der Waals surface area contributed by atoms with Crippen molar-refractivity contribution in [3.63, 3.8) is 0 Å². The van der Waals surface area contributed by atoms with Gasteiger partial charge in [-0.15, -0.1) is 5.69 Å². The van der Waals surface area contributed by atoms with Gasteiger partial charge >= 0.3 is 35.0 Å². The summed E-state index contributed by atoms with van der Waals surface area (Å²) in [6, 6.07) is 9.41. The molecule has 0 bridgehead atoms. The minimum Gasteiger partial charge on any atom is -0.697 e. The summed E-state index contributed by atoms with van der Waals surface area (Å²) in [5.41, 5.74) is 8.76. The van der Waals surface area contributed by atoms with E-state index in [-0.39, 0.29) is 15.9 Å². The maximum absolute atomic E-state index is 7.50. The molecule has 0 spiro atoms. The van der Waals surface area contributed by atoms with Crippen LogP contribution in [0.25, 0.3) is 16.6 Å². The zero-order chi connectivity index (χ0) is 10.4. The van der Waals surface area contributed by atoms with Crippen LogP contribution >= 0.6 is 19.1 Å². The number of nitrogens with one attached hydrogen (secondary N) is 1. The van der Waals surface area contributed by atoms with Crippen LogP contribution in [0, 0.1) is 0 Å². The van der Waals surface area contributed by atoms with Crippen molar-refractivity contribution >= 4 is 35.6 Å². The standard InChI is InChI=1S/C9H7N2.2ClH.Pd/c10-8-5-1-3-7-4-2-6-11-9(7)8;;;/h1-6,10H;2*1H;/q-1;;;+2/p-2. The second-order valence-corrected chi connectivity index (χ2v) is 4.79. The van der Waals surface area contributed by atoms with Crippen LogP contribution < -0.4 is 0 Å². The Morgan fingerprint density at radius 1 is 1.14 bits per heavy atom. The SMILES string of the molecule is [Cl][Pd][Cl].[NH-]c1cccc2cccnc12. The quantitative estimate of drug-likeness (QED) is 0.667. The molecule has 2 nitrogen and oxygen atoms in total. The smallest absolute Gasteiger partial charge is 0.0551 e. The zero-order valence-electron chi connectivity index (χ0n) is 6.98. The first kappa shape index (κ1) is 11.7. The minimum atomic E-state index is -0.106. The van der Waals surface area contributed by atoms with E-state index in [1.807, 2.05) is 24.3 Å². The van der Waals surface area contributed by atoms with Crippen molar-refractivity contribution < 1.29 is 15.9 Å². The van der Waals surface area contributed by atoms with E-state index in [0.29, 0.717) is 5.69 Å². The number of pyridine rings is 1. The molecule has 0 aliphatic carbocycles. The van der Waals surface area contributed by atoms with Crippen molar-refractivity contribution in [1.82, 2.24) is 4.98 Å². The number of nitrogens with zero attached hydrogens (tertiary/aromatic N) is 1. The minimum absolute atomic E-state index is 0.106. The number of halogens is 2. The van der Waals surface area contributed by atoms with Crippen LogP contribution in [0.4, 0.5) is 5.69 Å². The Balaban J connectivity index is 0.000000293. The Kier molecular flexibility index (Phi) is 5.21. The number of hydrogen-bond donors (Lipinski definition) is 0. The van der Waals surface area contributed by atoms with E-state index in [4.69, 9.17) is 24.8 Å². The molecule has 5 heteroatoms. The van der Waals surface area contributed by atoms with Gasteiger partial charge in [-0.05, 0) is 11.5 Å². The van der Waals surface area contributed by atoms with Gasteiger partial charge in [-0.1, -0.05) is 24.3 Å². The maximum atomic E-state index is 7.50. The van der Waals surface area contributed by atoms with Crippen molar-refractivity contribution in [2.24, 2.45) is 0 Å². The average Bonchev–Trinajstić information content (AvgIpc) is 2.20. The molecular formula is C9H7Cl2N2Pd-. The van der Waals surface area contributed by atoms with Gasteiger partial charge in [-0.25, -0.2) is 0 Å². The monoisotopic (exact) mass is 319 g/mol. The predicted octanol–water partition coefficient (Wildman–Crippen LogP) is 4.30. The second-order valence-electron chi connectivity index (χ2n) is 2.43. The summed E-state index contributed by atoms with van der Waals surface area (Å²) in [4.78, 5) is 4.09. The predicted molar refractivity (Wildman–Crippen MR) is 57.4 cm³/mol.